The van der Waals surface area contributed by atoms with Gasteiger partial charge in [0.05, 0.1) is 12.3 Å². The van der Waals surface area contributed by atoms with Crippen molar-refractivity contribution in [3.05, 3.63) is 28.2 Å². The summed E-state index contributed by atoms with van der Waals surface area (Å²) in [5, 5.41) is 0.477. The van der Waals surface area contributed by atoms with Gasteiger partial charge in [-0.3, -0.25) is 4.79 Å². The Labute approximate surface area is 130 Å². The quantitative estimate of drug-likeness (QED) is 0.629. The molecule has 0 aromatic heterocycles. The van der Waals surface area contributed by atoms with Crippen LogP contribution in [0.4, 0.5) is 10.5 Å². The van der Waals surface area contributed by atoms with Gasteiger partial charge in [-0.1, -0.05) is 23.2 Å². The van der Waals surface area contributed by atoms with Crippen LogP contribution in [0.25, 0.3) is 0 Å². The topological polar surface area (TPSA) is 72.9 Å². The molecular formula is C13H11Cl2NO5. The van der Waals surface area contributed by atoms with Crippen molar-refractivity contribution < 1.29 is 23.9 Å². The van der Waals surface area contributed by atoms with E-state index in [4.69, 9.17) is 32.7 Å². The standard InChI is InChI=1S/C13H11Cl2NO5/c1-3-20-11(18)13(2)10(17)16(12(19)21-13)9-5-7(14)4-8(15)6-9/h4-6H,3H2,1-2H3/t13-/m1/s1. The fourth-order valence-electron chi connectivity index (χ4n) is 1.85. The number of nitrogens with zero attached hydrogens (tertiary/aromatic N) is 1. The minimum absolute atomic E-state index is 0.0578. The van der Waals surface area contributed by atoms with Crippen LogP contribution < -0.4 is 4.90 Å². The lowest BCUT2D eigenvalue weighted by atomic mass is 10.1. The van der Waals surface area contributed by atoms with Gasteiger partial charge in [-0.2, -0.15) is 0 Å². The van der Waals surface area contributed by atoms with Gasteiger partial charge >= 0.3 is 12.1 Å². The summed E-state index contributed by atoms with van der Waals surface area (Å²) in [6.07, 6.45) is -0.992. The molecule has 1 fully saturated rings. The molecule has 1 aliphatic heterocycles. The number of benzene rings is 1. The molecule has 0 N–H and O–H groups in total. The van der Waals surface area contributed by atoms with Gasteiger partial charge in [-0.25, -0.2) is 14.5 Å². The number of cyclic esters (lactones) is 1. The third-order valence-electron chi connectivity index (χ3n) is 2.86. The van der Waals surface area contributed by atoms with Crippen LogP contribution in [0, 0.1) is 0 Å². The Morgan fingerprint density at radius 1 is 1.29 bits per heavy atom. The Morgan fingerprint density at radius 2 is 1.86 bits per heavy atom. The Morgan fingerprint density at radius 3 is 2.38 bits per heavy atom. The average molecular weight is 332 g/mol. The number of halogens is 2. The lowest BCUT2D eigenvalue weighted by Crippen LogP contribution is -2.46. The highest BCUT2D eigenvalue weighted by Gasteiger charge is 2.57. The lowest BCUT2D eigenvalue weighted by Gasteiger charge is -2.17. The third kappa shape index (κ3) is 2.69. The summed E-state index contributed by atoms with van der Waals surface area (Å²) in [4.78, 5) is 36.8. The fourth-order valence-corrected chi connectivity index (χ4v) is 2.36. The van der Waals surface area contributed by atoms with E-state index >= 15 is 0 Å². The molecule has 2 rings (SSSR count). The van der Waals surface area contributed by atoms with Crippen molar-refractivity contribution in [1.82, 2.24) is 0 Å². The van der Waals surface area contributed by atoms with Crippen LogP contribution in [0.2, 0.25) is 10.0 Å². The highest BCUT2D eigenvalue weighted by molar-refractivity contribution is 6.36. The molecule has 0 bridgehead atoms. The molecule has 1 saturated heterocycles. The normalized spacial score (nSPS) is 21.4. The van der Waals surface area contributed by atoms with Gasteiger partial charge in [0.15, 0.2) is 0 Å². The second-order valence-electron chi connectivity index (χ2n) is 4.39. The first kappa shape index (κ1) is 15.6. The number of hydrogen-bond donors (Lipinski definition) is 0. The first-order valence-corrected chi connectivity index (χ1v) is 6.76. The highest BCUT2D eigenvalue weighted by atomic mass is 35.5. The molecule has 6 nitrogen and oxygen atoms in total. The van der Waals surface area contributed by atoms with Crippen LogP contribution in [0.5, 0.6) is 0 Å². The Balaban J connectivity index is 2.41. The van der Waals surface area contributed by atoms with E-state index in [0.29, 0.717) is 4.90 Å². The Bertz CT molecular complexity index is 613. The van der Waals surface area contributed by atoms with E-state index in [-0.39, 0.29) is 22.3 Å². The molecule has 1 heterocycles. The summed E-state index contributed by atoms with van der Waals surface area (Å²) in [6.45, 7) is 2.82. The van der Waals surface area contributed by atoms with Crippen molar-refractivity contribution in [2.24, 2.45) is 0 Å². The molecular weight excluding hydrogens is 321 g/mol. The zero-order chi connectivity index (χ0) is 15.8. The number of carbonyl (C=O) groups excluding carboxylic acids is 3. The Kier molecular flexibility index (Phi) is 4.11. The Hall–Kier alpha value is -1.79. The molecule has 0 unspecified atom stereocenters. The molecule has 0 radical (unpaired) electrons. The number of carbonyl (C=O) groups is 3. The molecule has 21 heavy (non-hydrogen) atoms. The van der Waals surface area contributed by atoms with E-state index in [1.807, 2.05) is 0 Å². The highest BCUT2D eigenvalue weighted by Crippen LogP contribution is 2.33. The summed E-state index contributed by atoms with van der Waals surface area (Å²) in [7, 11) is 0. The maximum Gasteiger partial charge on any atom is 0.423 e. The lowest BCUT2D eigenvalue weighted by molar-refractivity contribution is -0.164. The monoisotopic (exact) mass is 331 g/mol. The first-order chi connectivity index (χ1) is 9.79. The third-order valence-corrected chi connectivity index (χ3v) is 3.29. The van der Waals surface area contributed by atoms with E-state index in [1.54, 1.807) is 6.92 Å². The number of anilines is 1. The SMILES string of the molecule is CCOC(=O)[C@]1(C)OC(=O)N(c2cc(Cl)cc(Cl)c2)C1=O. The van der Waals surface area contributed by atoms with Crippen LogP contribution in [0.15, 0.2) is 18.2 Å². The second kappa shape index (κ2) is 5.54. The summed E-state index contributed by atoms with van der Waals surface area (Å²) in [5.74, 6) is -1.79. The van der Waals surface area contributed by atoms with E-state index in [9.17, 15) is 14.4 Å². The van der Waals surface area contributed by atoms with E-state index < -0.39 is 23.6 Å². The molecule has 0 aliphatic carbocycles. The largest absolute Gasteiger partial charge is 0.463 e. The van der Waals surface area contributed by atoms with E-state index in [2.05, 4.69) is 0 Å². The zero-order valence-corrected chi connectivity index (χ0v) is 12.7. The van der Waals surface area contributed by atoms with Gasteiger partial charge in [0.1, 0.15) is 0 Å². The molecule has 1 atom stereocenters. The van der Waals surface area contributed by atoms with Gasteiger partial charge in [0.25, 0.3) is 11.5 Å². The predicted molar refractivity (Wildman–Crippen MR) is 75.5 cm³/mol. The van der Waals surface area contributed by atoms with Crippen molar-refractivity contribution in [1.29, 1.82) is 0 Å². The van der Waals surface area contributed by atoms with Crippen LogP contribution in [-0.2, 0) is 19.1 Å². The van der Waals surface area contributed by atoms with Crippen molar-refractivity contribution in [2.75, 3.05) is 11.5 Å². The van der Waals surface area contributed by atoms with Crippen molar-refractivity contribution >= 4 is 46.9 Å². The van der Waals surface area contributed by atoms with Crippen LogP contribution >= 0.6 is 23.2 Å². The number of rotatable bonds is 3. The summed E-state index contributed by atoms with van der Waals surface area (Å²) >= 11 is 11.7. The summed E-state index contributed by atoms with van der Waals surface area (Å²) in [5.41, 5.74) is -1.89. The van der Waals surface area contributed by atoms with Crippen molar-refractivity contribution in [2.45, 2.75) is 19.4 Å². The van der Waals surface area contributed by atoms with E-state index in [1.165, 1.54) is 25.1 Å². The average Bonchev–Trinajstić information content (AvgIpc) is 2.60. The number of hydrogen-bond acceptors (Lipinski definition) is 5. The van der Waals surface area contributed by atoms with Gasteiger partial charge in [-0.05, 0) is 32.0 Å². The first-order valence-electron chi connectivity index (χ1n) is 6.00. The van der Waals surface area contributed by atoms with Crippen molar-refractivity contribution in [3.63, 3.8) is 0 Å². The second-order valence-corrected chi connectivity index (χ2v) is 5.26. The number of esters is 1. The van der Waals surface area contributed by atoms with Crippen molar-refractivity contribution in [3.8, 4) is 0 Å². The van der Waals surface area contributed by atoms with Crippen LogP contribution in [0.3, 0.4) is 0 Å². The molecule has 0 spiro atoms. The molecule has 1 aromatic carbocycles. The molecule has 2 amide bonds. The molecule has 1 aliphatic rings. The fraction of sp³-hybridized carbons (Fsp3) is 0.308. The van der Waals surface area contributed by atoms with Gasteiger partial charge in [0, 0.05) is 10.0 Å². The zero-order valence-electron chi connectivity index (χ0n) is 11.2. The maximum atomic E-state index is 12.4. The maximum absolute atomic E-state index is 12.4. The molecule has 112 valence electrons. The van der Waals surface area contributed by atoms with Crippen LogP contribution in [-0.4, -0.2) is 30.2 Å². The van der Waals surface area contributed by atoms with Gasteiger partial charge in [-0.15, -0.1) is 0 Å². The summed E-state index contributed by atoms with van der Waals surface area (Å²) < 4.78 is 9.66. The number of amides is 2. The van der Waals surface area contributed by atoms with Gasteiger partial charge in [0.2, 0.25) is 0 Å². The number of ether oxygens (including phenoxy) is 2. The van der Waals surface area contributed by atoms with Gasteiger partial charge < -0.3 is 9.47 Å². The summed E-state index contributed by atoms with van der Waals surface area (Å²) in [6, 6.07) is 4.18. The number of imide groups is 1. The smallest absolute Gasteiger partial charge is 0.423 e. The predicted octanol–water partition coefficient (Wildman–Crippen LogP) is 2.80. The molecule has 1 aromatic rings. The minimum Gasteiger partial charge on any atom is -0.463 e. The van der Waals surface area contributed by atoms with Crippen LogP contribution in [0.1, 0.15) is 13.8 Å². The molecule has 0 saturated carbocycles. The van der Waals surface area contributed by atoms with E-state index in [0.717, 1.165) is 0 Å². The minimum atomic E-state index is -2.01. The molecule has 8 heteroatoms.